The van der Waals surface area contributed by atoms with Crippen molar-refractivity contribution in [2.75, 3.05) is 6.54 Å². The van der Waals surface area contributed by atoms with Crippen molar-refractivity contribution in [1.82, 2.24) is 19.7 Å². The molecule has 2 aromatic heterocycles. The Labute approximate surface area is 97.0 Å². The van der Waals surface area contributed by atoms with Crippen molar-refractivity contribution in [3.05, 3.63) is 11.5 Å². The molecule has 0 bridgehead atoms. The minimum atomic E-state index is 0.100. The summed E-state index contributed by atoms with van der Waals surface area (Å²) < 4.78 is 9.07. The molecule has 2 heterocycles. The van der Waals surface area contributed by atoms with Crippen molar-refractivity contribution in [2.24, 2.45) is 5.73 Å². The third-order valence-electron chi connectivity index (χ3n) is 2.32. The molecule has 0 amide bonds. The van der Waals surface area contributed by atoms with Crippen LogP contribution in [0.5, 0.6) is 0 Å². The zero-order chi connectivity index (χ0) is 11.5. The molecular formula is C9H13N5OS. The van der Waals surface area contributed by atoms with Crippen molar-refractivity contribution in [1.29, 1.82) is 0 Å². The third kappa shape index (κ3) is 1.96. The first-order valence-corrected chi connectivity index (χ1v) is 5.88. The van der Waals surface area contributed by atoms with E-state index >= 15 is 0 Å². The van der Waals surface area contributed by atoms with Crippen LogP contribution in [0.2, 0.25) is 0 Å². The predicted octanol–water partition coefficient (Wildman–Crippen LogP) is 1.21. The lowest BCUT2D eigenvalue weighted by Gasteiger charge is -1.98. The smallest absolute Gasteiger partial charge is 0.271 e. The first-order valence-electron chi connectivity index (χ1n) is 5.11. The van der Waals surface area contributed by atoms with E-state index in [1.54, 1.807) is 0 Å². The van der Waals surface area contributed by atoms with Gasteiger partial charge in [-0.3, -0.25) is 0 Å². The Bertz CT molecular complexity index is 466. The van der Waals surface area contributed by atoms with E-state index in [1.807, 2.05) is 13.8 Å². The fourth-order valence-electron chi connectivity index (χ4n) is 1.24. The molecule has 0 aliphatic heterocycles. The highest BCUT2D eigenvalue weighted by molar-refractivity contribution is 7.09. The van der Waals surface area contributed by atoms with Crippen LogP contribution in [0.25, 0.3) is 10.8 Å². The zero-order valence-electron chi connectivity index (χ0n) is 9.17. The Morgan fingerprint density at radius 3 is 3.00 bits per heavy atom. The second kappa shape index (κ2) is 4.67. The molecule has 0 fully saturated rings. The fraction of sp³-hybridized carbons (Fsp3) is 0.556. The summed E-state index contributed by atoms with van der Waals surface area (Å²) >= 11 is 1.27. The Kier molecular flexibility index (Phi) is 3.25. The number of rotatable bonds is 4. The molecular weight excluding hydrogens is 226 g/mol. The summed E-state index contributed by atoms with van der Waals surface area (Å²) in [5, 5.41) is 7.90. The lowest BCUT2D eigenvalue weighted by molar-refractivity contribution is 0.418. The minimum Gasteiger partial charge on any atom is -0.333 e. The van der Waals surface area contributed by atoms with Gasteiger partial charge in [0, 0.05) is 12.5 Å². The molecule has 0 aliphatic rings. The summed E-state index contributed by atoms with van der Waals surface area (Å²) in [7, 11) is 0. The maximum absolute atomic E-state index is 5.54. The second-order valence-electron chi connectivity index (χ2n) is 3.50. The van der Waals surface area contributed by atoms with Crippen molar-refractivity contribution < 1.29 is 4.52 Å². The van der Waals surface area contributed by atoms with Crippen LogP contribution in [0.4, 0.5) is 0 Å². The summed E-state index contributed by atoms with van der Waals surface area (Å²) in [4.78, 5) is 5.16. The van der Waals surface area contributed by atoms with Crippen LogP contribution in [-0.2, 0) is 6.42 Å². The number of aromatic nitrogens is 4. The van der Waals surface area contributed by atoms with Crippen molar-refractivity contribution >= 4 is 11.5 Å². The van der Waals surface area contributed by atoms with Gasteiger partial charge in [0.25, 0.3) is 5.89 Å². The van der Waals surface area contributed by atoms with E-state index < -0.39 is 0 Å². The first-order chi connectivity index (χ1) is 7.76. The molecule has 7 heteroatoms. The summed E-state index contributed by atoms with van der Waals surface area (Å²) in [6, 6.07) is 0. The molecule has 2 aromatic rings. The SMILES string of the molecule is CCc1nnsc1-c1nc(C(C)CN)no1. The molecule has 0 radical (unpaired) electrons. The standard InChI is InChI=1S/C9H13N5OS/c1-3-6-7(16-14-12-6)9-11-8(13-15-9)5(2)4-10/h5H,3-4,10H2,1-2H3. The van der Waals surface area contributed by atoms with Crippen LogP contribution in [-0.4, -0.2) is 26.3 Å². The van der Waals surface area contributed by atoms with E-state index in [9.17, 15) is 0 Å². The van der Waals surface area contributed by atoms with Crippen molar-refractivity contribution in [3.8, 4) is 10.8 Å². The van der Waals surface area contributed by atoms with E-state index in [2.05, 4.69) is 19.7 Å². The topological polar surface area (TPSA) is 90.7 Å². The van der Waals surface area contributed by atoms with E-state index in [4.69, 9.17) is 10.3 Å². The number of nitrogens with zero attached hydrogens (tertiary/aromatic N) is 4. The number of hydrogen-bond donors (Lipinski definition) is 1. The number of nitrogens with two attached hydrogens (primary N) is 1. The highest BCUT2D eigenvalue weighted by Gasteiger charge is 2.18. The van der Waals surface area contributed by atoms with Gasteiger partial charge in [0.15, 0.2) is 5.82 Å². The molecule has 1 unspecified atom stereocenters. The third-order valence-corrected chi connectivity index (χ3v) is 3.08. The molecule has 0 saturated carbocycles. The highest BCUT2D eigenvalue weighted by Crippen LogP contribution is 2.25. The summed E-state index contributed by atoms with van der Waals surface area (Å²) in [6.45, 7) is 4.47. The Morgan fingerprint density at radius 2 is 2.31 bits per heavy atom. The Hall–Kier alpha value is -1.34. The van der Waals surface area contributed by atoms with Gasteiger partial charge in [0.05, 0.1) is 5.69 Å². The van der Waals surface area contributed by atoms with Gasteiger partial charge in [0.1, 0.15) is 4.88 Å². The molecule has 86 valence electrons. The van der Waals surface area contributed by atoms with Crippen molar-refractivity contribution in [2.45, 2.75) is 26.2 Å². The molecule has 16 heavy (non-hydrogen) atoms. The van der Waals surface area contributed by atoms with Gasteiger partial charge >= 0.3 is 0 Å². The van der Waals surface area contributed by atoms with Crippen LogP contribution in [0.1, 0.15) is 31.3 Å². The number of aryl methyl sites for hydroxylation is 1. The average Bonchev–Trinajstić information content (AvgIpc) is 2.95. The van der Waals surface area contributed by atoms with E-state index in [1.165, 1.54) is 11.5 Å². The Balaban J connectivity index is 2.31. The molecule has 0 aromatic carbocycles. The largest absolute Gasteiger partial charge is 0.333 e. The second-order valence-corrected chi connectivity index (χ2v) is 4.25. The van der Waals surface area contributed by atoms with Crippen LogP contribution in [0, 0.1) is 0 Å². The molecule has 2 N–H and O–H groups in total. The fourth-order valence-corrected chi connectivity index (χ4v) is 1.91. The molecule has 1 atom stereocenters. The van der Waals surface area contributed by atoms with Crippen molar-refractivity contribution in [3.63, 3.8) is 0 Å². The van der Waals surface area contributed by atoms with Gasteiger partial charge < -0.3 is 10.3 Å². The molecule has 0 saturated heterocycles. The maximum atomic E-state index is 5.54. The quantitative estimate of drug-likeness (QED) is 0.862. The van der Waals surface area contributed by atoms with Crippen LogP contribution in [0.15, 0.2) is 4.52 Å². The summed E-state index contributed by atoms with van der Waals surface area (Å²) in [5.41, 5.74) is 6.43. The normalized spacial score (nSPS) is 12.9. The van der Waals surface area contributed by atoms with Gasteiger partial charge in [-0.1, -0.05) is 23.5 Å². The monoisotopic (exact) mass is 239 g/mol. The lowest BCUT2D eigenvalue weighted by Crippen LogP contribution is -2.10. The van der Waals surface area contributed by atoms with Crippen LogP contribution >= 0.6 is 11.5 Å². The summed E-state index contributed by atoms with van der Waals surface area (Å²) in [6.07, 6.45) is 0.802. The van der Waals surface area contributed by atoms with Gasteiger partial charge in [-0.05, 0) is 18.0 Å². The highest BCUT2D eigenvalue weighted by atomic mass is 32.1. The predicted molar refractivity (Wildman–Crippen MR) is 60.0 cm³/mol. The molecule has 0 spiro atoms. The van der Waals surface area contributed by atoms with Gasteiger partial charge in [-0.2, -0.15) is 4.98 Å². The lowest BCUT2D eigenvalue weighted by atomic mass is 10.2. The van der Waals surface area contributed by atoms with E-state index in [0.29, 0.717) is 18.3 Å². The molecule has 6 nitrogen and oxygen atoms in total. The van der Waals surface area contributed by atoms with Gasteiger partial charge in [-0.25, -0.2) is 0 Å². The summed E-state index contributed by atoms with van der Waals surface area (Å²) in [5.74, 6) is 1.22. The van der Waals surface area contributed by atoms with Crippen LogP contribution < -0.4 is 5.73 Å². The number of hydrogen-bond acceptors (Lipinski definition) is 7. The minimum absolute atomic E-state index is 0.100. The van der Waals surface area contributed by atoms with E-state index in [-0.39, 0.29) is 5.92 Å². The van der Waals surface area contributed by atoms with E-state index in [0.717, 1.165) is 17.0 Å². The molecule has 2 rings (SSSR count). The first kappa shape index (κ1) is 11.2. The zero-order valence-corrected chi connectivity index (χ0v) is 9.99. The molecule has 0 aliphatic carbocycles. The van der Waals surface area contributed by atoms with Crippen LogP contribution in [0.3, 0.4) is 0 Å². The maximum Gasteiger partial charge on any atom is 0.271 e. The Morgan fingerprint density at radius 1 is 1.50 bits per heavy atom. The average molecular weight is 239 g/mol. The van der Waals surface area contributed by atoms with Gasteiger partial charge in [-0.15, -0.1) is 5.10 Å². The van der Waals surface area contributed by atoms with Gasteiger partial charge in [0.2, 0.25) is 0 Å².